The van der Waals surface area contributed by atoms with Gasteiger partial charge in [-0.05, 0) is 31.7 Å². The summed E-state index contributed by atoms with van der Waals surface area (Å²) in [4.78, 5) is 27.3. The molecule has 1 saturated carbocycles. The summed E-state index contributed by atoms with van der Waals surface area (Å²) in [5, 5.41) is 0.897. The van der Waals surface area contributed by atoms with Crippen LogP contribution in [0.25, 0.3) is 10.9 Å². The third-order valence-corrected chi connectivity index (χ3v) is 8.25. The topological polar surface area (TPSA) is 51.5 Å². The van der Waals surface area contributed by atoms with Crippen LogP contribution in [0.15, 0.2) is 30.5 Å². The highest BCUT2D eigenvalue weighted by Gasteiger charge is 2.43. The van der Waals surface area contributed by atoms with E-state index in [1.165, 1.54) is 64.7 Å². The van der Waals surface area contributed by atoms with Gasteiger partial charge < -0.3 is 9.30 Å². The molecule has 0 N–H and O–H groups in total. The average molecular weight is 451 g/mol. The highest BCUT2D eigenvalue weighted by Crippen LogP contribution is 2.40. The van der Waals surface area contributed by atoms with Gasteiger partial charge in [0.25, 0.3) is 0 Å². The molecule has 3 fully saturated rings. The van der Waals surface area contributed by atoms with Crippen LogP contribution in [0, 0.1) is 0 Å². The van der Waals surface area contributed by atoms with Crippen LogP contribution in [-0.2, 0) is 9.53 Å². The molecule has 5 nitrogen and oxygen atoms in total. The normalized spacial score (nSPS) is 28.0. The maximum absolute atomic E-state index is 12.6. The van der Waals surface area contributed by atoms with Gasteiger partial charge in [-0.25, -0.2) is 0 Å². The molecule has 1 aromatic heterocycles. The second-order valence-electron chi connectivity index (χ2n) is 10.5. The van der Waals surface area contributed by atoms with Crippen molar-refractivity contribution in [2.24, 2.45) is 0 Å². The molecule has 0 radical (unpaired) electrons. The van der Waals surface area contributed by atoms with Gasteiger partial charge in [0.05, 0.1) is 18.8 Å². The Morgan fingerprint density at radius 2 is 1.42 bits per heavy atom. The van der Waals surface area contributed by atoms with Crippen molar-refractivity contribution in [1.29, 1.82) is 0 Å². The van der Waals surface area contributed by atoms with E-state index in [-0.39, 0.29) is 5.78 Å². The van der Waals surface area contributed by atoms with Crippen molar-refractivity contribution in [2.45, 2.75) is 102 Å². The number of hydrogen-bond donors (Lipinski definition) is 0. The van der Waals surface area contributed by atoms with Gasteiger partial charge in [0.1, 0.15) is 0 Å². The SMILES string of the molecule is CC(=O)C(=O)c1cn([C@H]2C[C@H]3COC[C@@H](C2)N3C2CCCCCCCCC2)c2ccccc12. The minimum Gasteiger partial charge on any atom is -0.378 e. The molecule has 1 aliphatic carbocycles. The Balaban J connectivity index is 1.40. The van der Waals surface area contributed by atoms with Gasteiger partial charge in [0.2, 0.25) is 5.78 Å². The Kier molecular flexibility index (Phi) is 6.98. The number of carbonyl (C=O) groups is 2. The summed E-state index contributed by atoms with van der Waals surface area (Å²) >= 11 is 0. The van der Waals surface area contributed by atoms with Gasteiger partial charge in [-0.3, -0.25) is 14.5 Å². The summed E-state index contributed by atoms with van der Waals surface area (Å²) in [6.45, 7) is 2.98. The van der Waals surface area contributed by atoms with Crippen molar-refractivity contribution < 1.29 is 14.3 Å². The van der Waals surface area contributed by atoms with Crippen LogP contribution in [0.3, 0.4) is 0 Å². The van der Waals surface area contributed by atoms with Gasteiger partial charge >= 0.3 is 0 Å². The molecule has 178 valence electrons. The molecule has 3 atom stereocenters. The van der Waals surface area contributed by atoms with Crippen molar-refractivity contribution in [3.8, 4) is 0 Å². The van der Waals surface area contributed by atoms with Gasteiger partial charge in [-0.2, -0.15) is 0 Å². The molecule has 2 bridgehead atoms. The Bertz CT molecular complexity index is 972. The Hall–Kier alpha value is -1.98. The summed E-state index contributed by atoms with van der Waals surface area (Å²) in [6, 6.07) is 9.92. The number of Topliss-reactive ketones (excluding diaryl/α,β-unsaturated/α-hetero) is 2. The van der Waals surface area contributed by atoms with Crippen LogP contribution in [0.1, 0.15) is 94.0 Å². The number of hydrogen-bond acceptors (Lipinski definition) is 4. The van der Waals surface area contributed by atoms with Crippen molar-refractivity contribution in [1.82, 2.24) is 9.47 Å². The predicted octanol–water partition coefficient (Wildman–Crippen LogP) is 5.71. The Morgan fingerprint density at radius 3 is 2.06 bits per heavy atom. The van der Waals surface area contributed by atoms with E-state index >= 15 is 0 Å². The predicted molar refractivity (Wildman–Crippen MR) is 131 cm³/mol. The average Bonchev–Trinajstić information content (AvgIpc) is 3.21. The molecule has 0 spiro atoms. The fraction of sp³-hybridized carbons (Fsp3) is 0.643. The number of aromatic nitrogens is 1. The summed E-state index contributed by atoms with van der Waals surface area (Å²) in [7, 11) is 0. The lowest BCUT2D eigenvalue weighted by Crippen LogP contribution is -2.60. The van der Waals surface area contributed by atoms with Crippen molar-refractivity contribution >= 4 is 22.5 Å². The maximum Gasteiger partial charge on any atom is 0.230 e. The number of nitrogens with zero attached hydrogens (tertiary/aromatic N) is 2. The number of carbonyl (C=O) groups excluding carboxylic acids is 2. The Morgan fingerprint density at radius 1 is 0.818 bits per heavy atom. The van der Waals surface area contributed by atoms with E-state index in [0.29, 0.717) is 29.7 Å². The minimum atomic E-state index is -0.394. The van der Waals surface area contributed by atoms with Gasteiger partial charge in [-0.1, -0.05) is 63.1 Å². The lowest BCUT2D eigenvalue weighted by Gasteiger charge is -2.52. The largest absolute Gasteiger partial charge is 0.378 e. The number of morpholine rings is 1. The van der Waals surface area contributed by atoms with Crippen LogP contribution < -0.4 is 0 Å². The lowest BCUT2D eigenvalue weighted by molar-refractivity contribution is -0.113. The first-order valence-corrected chi connectivity index (χ1v) is 13.1. The number of fused-ring (bicyclic) bond motifs is 3. The molecule has 0 amide bonds. The van der Waals surface area contributed by atoms with E-state index in [9.17, 15) is 9.59 Å². The van der Waals surface area contributed by atoms with Crippen molar-refractivity contribution in [3.63, 3.8) is 0 Å². The third kappa shape index (κ3) is 4.67. The van der Waals surface area contributed by atoms with Crippen LogP contribution in [-0.4, -0.2) is 52.4 Å². The highest BCUT2D eigenvalue weighted by molar-refractivity contribution is 6.45. The fourth-order valence-corrected chi connectivity index (χ4v) is 6.70. The van der Waals surface area contributed by atoms with Crippen LogP contribution in [0.2, 0.25) is 0 Å². The monoisotopic (exact) mass is 450 g/mol. The maximum atomic E-state index is 12.6. The van der Waals surface area contributed by atoms with Gasteiger partial charge in [-0.15, -0.1) is 0 Å². The molecule has 5 heteroatoms. The van der Waals surface area contributed by atoms with Crippen LogP contribution in [0.4, 0.5) is 0 Å². The van der Waals surface area contributed by atoms with E-state index < -0.39 is 5.78 Å². The Labute approximate surface area is 197 Å². The van der Waals surface area contributed by atoms with Gasteiger partial charge in [0, 0.05) is 48.2 Å². The first-order valence-electron chi connectivity index (χ1n) is 13.1. The highest BCUT2D eigenvalue weighted by atomic mass is 16.5. The zero-order valence-electron chi connectivity index (χ0n) is 20.0. The second-order valence-corrected chi connectivity index (χ2v) is 10.5. The van der Waals surface area contributed by atoms with E-state index in [0.717, 1.165) is 37.0 Å². The molecule has 3 aliphatic rings. The second kappa shape index (κ2) is 10.1. The van der Waals surface area contributed by atoms with E-state index in [1.807, 2.05) is 24.4 Å². The molecule has 0 unspecified atom stereocenters. The molecule has 3 heterocycles. The van der Waals surface area contributed by atoms with Crippen molar-refractivity contribution in [2.75, 3.05) is 13.2 Å². The molecular weight excluding hydrogens is 412 g/mol. The molecule has 2 aromatic rings. The lowest BCUT2D eigenvalue weighted by atomic mass is 9.85. The quantitative estimate of drug-likeness (QED) is 0.442. The zero-order chi connectivity index (χ0) is 22.8. The molecule has 2 aliphatic heterocycles. The molecule has 33 heavy (non-hydrogen) atoms. The molecule has 1 aromatic carbocycles. The number of rotatable bonds is 4. The number of ketones is 2. The number of ether oxygens (including phenoxy) is 1. The number of para-hydroxylation sites is 1. The fourth-order valence-electron chi connectivity index (χ4n) is 6.70. The van der Waals surface area contributed by atoms with Crippen LogP contribution >= 0.6 is 0 Å². The first-order chi connectivity index (χ1) is 16.1. The summed E-state index contributed by atoms with van der Waals surface area (Å²) in [5.41, 5.74) is 1.62. The summed E-state index contributed by atoms with van der Waals surface area (Å²) in [6.07, 6.45) is 16.3. The standard InChI is InChI=1S/C28H38N2O3/c1-20(31)28(32)26-17-29(27-14-10-9-13-25(26)27)22-15-23-18-33-19-24(16-22)30(23)21-11-7-5-3-2-4-6-8-12-21/h9-10,13-14,17,21-24H,2-8,11-12,15-16,18-19H2,1H3/t22-,23-,24+. The molecular formula is C28H38N2O3. The third-order valence-electron chi connectivity index (χ3n) is 8.25. The molecule has 5 rings (SSSR count). The van der Waals surface area contributed by atoms with E-state index in [4.69, 9.17) is 4.74 Å². The van der Waals surface area contributed by atoms with E-state index in [1.54, 1.807) is 0 Å². The number of piperidine rings is 1. The van der Waals surface area contributed by atoms with Crippen LogP contribution in [0.5, 0.6) is 0 Å². The summed E-state index contributed by atoms with van der Waals surface area (Å²) in [5.74, 6) is -0.776. The minimum absolute atomic E-state index is 0.332. The van der Waals surface area contributed by atoms with E-state index in [2.05, 4.69) is 15.5 Å². The smallest absolute Gasteiger partial charge is 0.230 e. The summed E-state index contributed by atoms with van der Waals surface area (Å²) < 4.78 is 8.35. The zero-order valence-corrected chi connectivity index (χ0v) is 20.0. The number of benzene rings is 1. The first kappa shape index (κ1) is 22.8. The molecule has 2 saturated heterocycles. The van der Waals surface area contributed by atoms with Gasteiger partial charge in [0.15, 0.2) is 5.78 Å². The van der Waals surface area contributed by atoms with Crippen molar-refractivity contribution in [3.05, 3.63) is 36.0 Å².